The van der Waals surface area contributed by atoms with Gasteiger partial charge in [-0.1, -0.05) is 24.3 Å². The highest BCUT2D eigenvalue weighted by Crippen LogP contribution is 2.33. The third-order valence-corrected chi connectivity index (χ3v) is 3.77. The molecular weight excluding hydrogens is 210 g/mol. The van der Waals surface area contributed by atoms with Crippen LogP contribution in [0.2, 0.25) is 0 Å². The van der Waals surface area contributed by atoms with Gasteiger partial charge in [-0.05, 0) is 50.8 Å². The standard InChI is InChI=1S/C15H23NO/c1-12(17)10-11-16(2)15-9-5-7-13-6-3-4-8-14(13)15/h3-4,6,8,12,15,17H,5,7,9-11H2,1-2H3. The molecule has 2 atom stereocenters. The van der Waals surface area contributed by atoms with Crippen LogP contribution in [0.15, 0.2) is 24.3 Å². The largest absolute Gasteiger partial charge is 0.393 e. The van der Waals surface area contributed by atoms with Gasteiger partial charge in [0, 0.05) is 12.6 Å². The first kappa shape index (κ1) is 12.6. The smallest absolute Gasteiger partial charge is 0.0524 e. The molecule has 1 aliphatic rings. The zero-order valence-electron chi connectivity index (χ0n) is 10.9. The van der Waals surface area contributed by atoms with E-state index in [1.165, 1.54) is 30.4 Å². The summed E-state index contributed by atoms with van der Waals surface area (Å²) < 4.78 is 0. The summed E-state index contributed by atoms with van der Waals surface area (Å²) in [5.74, 6) is 0. The Morgan fingerprint density at radius 3 is 2.94 bits per heavy atom. The Morgan fingerprint density at radius 2 is 2.18 bits per heavy atom. The molecule has 0 bridgehead atoms. The lowest BCUT2D eigenvalue weighted by Crippen LogP contribution is -2.30. The molecule has 2 heteroatoms. The van der Waals surface area contributed by atoms with Crippen LogP contribution in [0.25, 0.3) is 0 Å². The van der Waals surface area contributed by atoms with Gasteiger partial charge >= 0.3 is 0 Å². The molecule has 2 nitrogen and oxygen atoms in total. The van der Waals surface area contributed by atoms with Crippen LogP contribution in [0.1, 0.15) is 43.4 Å². The highest BCUT2D eigenvalue weighted by Gasteiger charge is 2.23. The van der Waals surface area contributed by atoms with E-state index in [9.17, 15) is 5.11 Å². The van der Waals surface area contributed by atoms with E-state index in [1.54, 1.807) is 0 Å². The number of benzene rings is 1. The average Bonchev–Trinajstić information content (AvgIpc) is 2.35. The molecule has 1 aromatic rings. The molecule has 0 saturated heterocycles. The lowest BCUT2D eigenvalue weighted by molar-refractivity contribution is 0.144. The summed E-state index contributed by atoms with van der Waals surface area (Å²) in [6.07, 6.45) is 4.40. The second-order valence-electron chi connectivity index (χ2n) is 5.23. The van der Waals surface area contributed by atoms with E-state index < -0.39 is 0 Å². The second kappa shape index (κ2) is 5.65. The normalized spacial score (nSPS) is 21.3. The van der Waals surface area contributed by atoms with E-state index in [0.29, 0.717) is 6.04 Å². The Hall–Kier alpha value is -0.860. The second-order valence-corrected chi connectivity index (χ2v) is 5.23. The molecule has 0 spiro atoms. The lowest BCUT2D eigenvalue weighted by Gasteiger charge is -2.33. The number of nitrogens with zero attached hydrogens (tertiary/aromatic N) is 1. The van der Waals surface area contributed by atoms with Gasteiger partial charge in [-0.25, -0.2) is 0 Å². The minimum atomic E-state index is -0.198. The summed E-state index contributed by atoms with van der Waals surface area (Å²) in [6.45, 7) is 2.83. The van der Waals surface area contributed by atoms with Gasteiger partial charge < -0.3 is 5.11 Å². The van der Waals surface area contributed by atoms with E-state index in [1.807, 2.05) is 6.92 Å². The summed E-state index contributed by atoms with van der Waals surface area (Å²) in [7, 11) is 2.18. The van der Waals surface area contributed by atoms with Crippen molar-refractivity contribution < 1.29 is 5.11 Å². The Kier molecular flexibility index (Phi) is 4.19. The molecule has 0 heterocycles. The highest BCUT2D eigenvalue weighted by atomic mass is 16.3. The first-order valence-corrected chi connectivity index (χ1v) is 6.64. The zero-order chi connectivity index (χ0) is 12.3. The quantitative estimate of drug-likeness (QED) is 0.864. The molecule has 94 valence electrons. The maximum Gasteiger partial charge on any atom is 0.0524 e. The first-order valence-electron chi connectivity index (χ1n) is 6.64. The maximum atomic E-state index is 9.37. The molecule has 1 N–H and O–H groups in total. The highest BCUT2D eigenvalue weighted by molar-refractivity contribution is 5.32. The summed E-state index contributed by atoms with van der Waals surface area (Å²) in [6, 6.07) is 9.33. The maximum absolute atomic E-state index is 9.37. The minimum absolute atomic E-state index is 0.198. The minimum Gasteiger partial charge on any atom is -0.393 e. The van der Waals surface area contributed by atoms with Gasteiger partial charge in [-0.3, -0.25) is 4.90 Å². The van der Waals surface area contributed by atoms with Crippen molar-refractivity contribution in [3.8, 4) is 0 Å². The van der Waals surface area contributed by atoms with Crippen molar-refractivity contribution in [2.75, 3.05) is 13.6 Å². The Morgan fingerprint density at radius 1 is 1.41 bits per heavy atom. The summed E-state index contributed by atoms with van der Waals surface area (Å²) in [4.78, 5) is 2.39. The molecule has 0 aliphatic heterocycles. The van der Waals surface area contributed by atoms with Crippen molar-refractivity contribution in [1.29, 1.82) is 0 Å². The number of hydrogen-bond acceptors (Lipinski definition) is 2. The first-order chi connectivity index (χ1) is 8.18. The van der Waals surface area contributed by atoms with Gasteiger partial charge in [0.25, 0.3) is 0 Å². The molecular formula is C15H23NO. The van der Waals surface area contributed by atoms with Crippen LogP contribution in [-0.4, -0.2) is 29.7 Å². The van der Waals surface area contributed by atoms with Crippen molar-refractivity contribution in [3.63, 3.8) is 0 Å². The van der Waals surface area contributed by atoms with Crippen molar-refractivity contribution in [2.45, 2.75) is 44.8 Å². The number of aryl methyl sites for hydroxylation is 1. The Labute approximate surface area is 104 Å². The molecule has 0 fully saturated rings. The van der Waals surface area contributed by atoms with Crippen molar-refractivity contribution in [1.82, 2.24) is 4.90 Å². The van der Waals surface area contributed by atoms with E-state index in [0.717, 1.165) is 13.0 Å². The number of aliphatic hydroxyl groups excluding tert-OH is 1. The summed E-state index contributed by atoms with van der Waals surface area (Å²) >= 11 is 0. The molecule has 1 aliphatic carbocycles. The number of rotatable bonds is 4. The van der Waals surface area contributed by atoms with Crippen LogP contribution in [0.4, 0.5) is 0 Å². The summed E-state index contributed by atoms with van der Waals surface area (Å²) in [5.41, 5.74) is 3.00. The lowest BCUT2D eigenvalue weighted by atomic mass is 9.87. The number of hydrogen-bond donors (Lipinski definition) is 1. The third-order valence-electron chi connectivity index (χ3n) is 3.77. The van der Waals surface area contributed by atoms with E-state index >= 15 is 0 Å². The fourth-order valence-corrected chi connectivity index (χ4v) is 2.73. The molecule has 0 amide bonds. The topological polar surface area (TPSA) is 23.5 Å². The van der Waals surface area contributed by atoms with E-state index in [4.69, 9.17) is 0 Å². The fraction of sp³-hybridized carbons (Fsp3) is 0.600. The summed E-state index contributed by atoms with van der Waals surface area (Å²) in [5, 5.41) is 9.37. The third kappa shape index (κ3) is 3.08. The van der Waals surface area contributed by atoms with E-state index in [2.05, 4.69) is 36.2 Å². The zero-order valence-corrected chi connectivity index (χ0v) is 10.9. The fourth-order valence-electron chi connectivity index (χ4n) is 2.73. The van der Waals surface area contributed by atoms with Gasteiger partial charge in [0.2, 0.25) is 0 Å². The number of fused-ring (bicyclic) bond motifs is 1. The molecule has 0 radical (unpaired) electrons. The monoisotopic (exact) mass is 233 g/mol. The van der Waals surface area contributed by atoms with Gasteiger partial charge in [0.05, 0.1) is 6.10 Å². The van der Waals surface area contributed by atoms with Crippen molar-refractivity contribution >= 4 is 0 Å². The van der Waals surface area contributed by atoms with Gasteiger partial charge in [0.1, 0.15) is 0 Å². The molecule has 1 aromatic carbocycles. The van der Waals surface area contributed by atoms with Gasteiger partial charge in [-0.15, -0.1) is 0 Å². The molecule has 17 heavy (non-hydrogen) atoms. The molecule has 2 rings (SSSR count). The Bertz CT molecular complexity index is 362. The molecule has 2 unspecified atom stereocenters. The molecule has 0 saturated carbocycles. The SMILES string of the molecule is CC(O)CCN(C)C1CCCc2ccccc21. The van der Waals surface area contributed by atoms with Crippen LogP contribution in [0.5, 0.6) is 0 Å². The Balaban J connectivity index is 2.07. The molecule has 0 aromatic heterocycles. The van der Waals surface area contributed by atoms with Crippen molar-refractivity contribution in [3.05, 3.63) is 35.4 Å². The van der Waals surface area contributed by atoms with E-state index in [-0.39, 0.29) is 6.10 Å². The predicted molar refractivity (Wildman–Crippen MR) is 71.0 cm³/mol. The van der Waals surface area contributed by atoms with Crippen LogP contribution >= 0.6 is 0 Å². The van der Waals surface area contributed by atoms with Gasteiger partial charge in [-0.2, -0.15) is 0 Å². The van der Waals surface area contributed by atoms with Crippen LogP contribution < -0.4 is 0 Å². The van der Waals surface area contributed by atoms with Crippen LogP contribution in [0.3, 0.4) is 0 Å². The van der Waals surface area contributed by atoms with Crippen LogP contribution in [-0.2, 0) is 6.42 Å². The number of aliphatic hydroxyl groups is 1. The van der Waals surface area contributed by atoms with Gasteiger partial charge in [0.15, 0.2) is 0 Å². The van der Waals surface area contributed by atoms with Crippen molar-refractivity contribution in [2.24, 2.45) is 0 Å². The average molecular weight is 233 g/mol. The predicted octanol–water partition coefficient (Wildman–Crippen LogP) is 2.77. The van der Waals surface area contributed by atoms with Crippen LogP contribution in [0, 0.1) is 0 Å².